The number of hydrogen-bond donors (Lipinski definition) is 1. The van der Waals surface area contributed by atoms with Crippen molar-refractivity contribution in [3.05, 3.63) is 68.0 Å². The Kier molecular flexibility index (Phi) is 5.45. The van der Waals surface area contributed by atoms with Crippen LogP contribution in [-0.4, -0.2) is 12.5 Å². The predicted octanol–water partition coefficient (Wildman–Crippen LogP) is 4.79. The Hall–Kier alpha value is -1.14. The molecule has 0 saturated heterocycles. The highest BCUT2D eigenvalue weighted by atomic mass is 127. The van der Waals surface area contributed by atoms with Gasteiger partial charge in [0.2, 0.25) is 0 Å². The highest BCUT2D eigenvalue weighted by Gasteiger charge is 2.22. The van der Waals surface area contributed by atoms with E-state index in [0.29, 0.717) is 17.1 Å². The first-order valence-electron chi connectivity index (χ1n) is 6.79. The zero-order chi connectivity index (χ0) is 16.3. The Morgan fingerprint density at radius 2 is 2.00 bits per heavy atom. The number of carbonyl (C=O) groups excluding carboxylic acids is 1. The molecule has 0 saturated carbocycles. The van der Waals surface area contributed by atoms with Crippen molar-refractivity contribution in [1.29, 1.82) is 0 Å². The Balaban J connectivity index is 2.11. The SMILES string of the molecule is CC(C)(CNC(=O)c1cc(F)ccc1I)c1cccc(Cl)c1. The summed E-state index contributed by atoms with van der Waals surface area (Å²) in [6.07, 6.45) is 0. The van der Waals surface area contributed by atoms with E-state index in [2.05, 4.69) is 5.32 Å². The van der Waals surface area contributed by atoms with Crippen molar-refractivity contribution in [3.8, 4) is 0 Å². The van der Waals surface area contributed by atoms with Crippen LogP contribution in [0.4, 0.5) is 4.39 Å². The molecule has 1 amide bonds. The third-order valence-corrected chi connectivity index (χ3v) is 4.65. The molecule has 22 heavy (non-hydrogen) atoms. The summed E-state index contributed by atoms with van der Waals surface area (Å²) in [7, 11) is 0. The average molecular weight is 432 g/mol. The number of hydrogen-bond acceptors (Lipinski definition) is 1. The van der Waals surface area contributed by atoms with E-state index >= 15 is 0 Å². The largest absolute Gasteiger partial charge is 0.351 e. The molecule has 1 N–H and O–H groups in total. The number of amides is 1. The summed E-state index contributed by atoms with van der Waals surface area (Å²) in [5, 5.41) is 3.54. The van der Waals surface area contributed by atoms with Crippen LogP contribution in [0.2, 0.25) is 5.02 Å². The molecule has 0 aliphatic carbocycles. The van der Waals surface area contributed by atoms with Gasteiger partial charge in [-0.2, -0.15) is 0 Å². The molecule has 0 bridgehead atoms. The molecule has 0 aliphatic rings. The van der Waals surface area contributed by atoms with E-state index < -0.39 is 5.82 Å². The standard InChI is InChI=1S/C17H16ClFINO/c1-17(2,11-4-3-5-12(18)8-11)10-21-16(22)14-9-13(19)6-7-15(14)20/h3-9H,10H2,1-2H3,(H,21,22). The first kappa shape index (κ1) is 17.2. The van der Waals surface area contributed by atoms with Gasteiger partial charge in [0.05, 0.1) is 5.56 Å². The fourth-order valence-corrected chi connectivity index (χ4v) is 2.85. The quantitative estimate of drug-likeness (QED) is 0.693. The molecule has 0 heterocycles. The Labute approximate surface area is 148 Å². The Bertz CT molecular complexity index is 703. The monoisotopic (exact) mass is 431 g/mol. The van der Waals surface area contributed by atoms with E-state index in [9.17, 15) is 9.18 Å². The molecule has 0 spiro atoms. The van der Waals surface area contributed by atoms with Crippen LogP contribution < -0.4 is 5.32 Å². The summed E-state index contributed by atoms with van der Waals surface area (Å²) in [5.74, 6) is -0.696. The van der Waals surface area contributed by atoms with Crippen molar-refractivity contribution in [3.63, 3.8) is 0 Å². The van der Waals surface area contributed by atoms with Gasteiger partial charge in [-0.25, -0.2) is 4.39 Å². The number of nitrogens with one attached hydrogen (secondary N) is 1. The minimum Gasteiger partial charge on any atom is -0.351 e. The Morgan fingerprint density at radius 3 is 2.68 bits per heavy atom. The smallest absolute Gasteiger partial charge is 0.252 e. The van der Waals surface area contributed by atoms with Gasteiger partial charge in [0.1, 0.15) is 5.82 Å². The second kappa shape index (κ2) is 6.96. The lowest BCUT2D eigenvalue weighted by Gasteiger charge is -2.26. The first-order chi connectivity index (χ1) is 10.3. The maximum atomic E-state index is 13.3. The van der Waals surface area contributed by atoms with Crippen LogP contribution in [0.15, 0.2) is 42.5 Å². The normalized spacial score (nSPS) is 11.3. The zero-order valence-electron chi connectivity index (χ0n) is 12.3. The minimum atomic E-state index is -0.417. The lowest BCUT2D eigenvalue weighted by Crippen LogP contribution is -2.37. The van der Waals surface area contributed by atoms with Crippen molar-refractivity contribution in [1.82, 2.24) is 5.32 Å². The molecule has 5 heteroatoms. The van der Waals surface area contributed by atoms with Crippen LogP contribution in [0, 0.1) is 9.39 Å². The van der Waals surface area contributed by atoms with Gasteiger partial charge in [-0.1, -0.05) is 37.6 Å². The topological polar surface area (TPSA) is 29.1 Å². The number of benzene rings is 2. The molecule has 0 aliphatic heterocycles. The van der Waals surface area contributed by atoms with Gasteiger partial charge in [-0.15, -0.1) is 0 Å². The van der Waals surface area contributed by atoms with Gasteiger partial charge in [-0.05, 0) is 58.5 Å². The predicted molar refractivity (Wildman–Crippen MR) is 95.9 cm³/mol. The lowest BCUT2D eigenvalue weighted by molar-refractivity contribution is 0.0944. The van der Waals surface area contributed by atoms with Crippen molar-refractivity contribution in [2.75, 3.05) is 6.54 Å². The molecule has 2 nitrogen and oxygen atoms in total. The fourth-order valence-electron chi connectivity index (χ4n) is 2.08. The van der Waals surface area contributed by atoms with Crippen molar-refractivity contribution in [2.45, 2.75) is 19.3 Å². The summed E-state index contributed by atoms with van der Waals surface area (Å²) >= 11 is 8.04. The second-order valence-corrected chi connectivity index (χ2v) is 7.30. The third-order valence-electron chi connectivity index (χ3n) is 3.47. The molecular weight excluding hydrogens is 416 g/mol. The highest BCUT2D eigenvalue weighted by Crippen LogP contribution is 2.25. The molecule has 2 aromatic rings. The van der Waals surface area contributed by atoms with Gasteiger partial charge in [0.15, 0.2) is 0 Å². The van der Waals surface area contributed by atoms with Crippen LogP contribution in [0.5, 0.6) is 0 Å². The molecule has 116 valence electrons. The van der Waals surface area contributed by atoms with Crippen LogP contribution in [0.1, 0.15) is 29.8 Å². The first-order valence-corrected chi connectivity index (χ1v) is 8.24. The van der Waals surface area contributed by atoms with Gasteiger partial charge in [-0.3, -0.25) is 4.79 Å². The lowest BCUT2D eigenvalue weighted by atomic mass is 9.84. The summed E-state index contributed by atoms with van der Waals surface area (Å²) < 4.78 is 14.0. The molecule has 0 unspecified atom stereocenters. The summed E-state index contributed by atoms with van der Waals surface area (Å²) in [6, 6.07) is 11.8. The summed E-state index contributed by atoms with van der Waals surface area (Å²) in [5.41, 5.74) is 1.11. The van der Waals surface area contributed by atoms with Crippen molar-refractivity contribution in [2.24, 2.45) is 0 Å². The van der Waals surface area contributed by atoms with E-state index in [1.807, 2.05) is 60.7 Å². The van der Waals surface area contributed by atoms with E-state index in [-0.39, 0.29) is 11.3 Å². The van der Waals surface area contributed by atoms with Crippen LogP contribution in [-0.2, 0) is 5.41 Å². The molecule has 0 radical (unpaired) electrons. The van der Waals surface area contributed by atoms with E-state index in [0.717, 1.165) is 9.13 Å². The van der Waals surface area contributed by atoms with Crippen LogP contribution in [0.25, 0.3) is 0 Å². The molecule has 0 fully saturated rings. The van der Waals surface area contributed by atoms with Crippen LogP contribution >= 0.6 is 34.2 Å². The average Bonchev–Trinajstić information content (AvgIpc) is 2.47. The molecule has 2 aromatic carbocycles. The molecular formula is C17H16ClFINO. The highest BCUT2D eigenvalue weighted by molar-refractivity contribution is 14.1. The minimum absolute atomic E-state index is 0.278. The van der Waals surface area contributed by atoms with Gasteiger partial charge < -0.3 is 5.32 Å². The van der Waals surface area contributed by atoms with Crippen LogP contribution in [0.3, 0.4) is 0 Å². The molecule has 2 rings (SSSR count). The number of carbonyl (C=O) groups is 1. The molecule has 0 atom stereocenters. The summed E-state index contributed by atoms with van der Waals surface area (Å²) in [6.45, 7) is 4.48. The van der Waals surface area contributed by atoms with Gasteiger partial charge in [0.25, 0.3) is 5.91 Å². The number of rotatable bonds is 4. The second-order valence-electron chi connectivity index (χ2n) is 5.70. The van der Waals surface area contributed by atoms with Crippen molar-refractivity contribution < 1.29 is 9.18 Å². The van der Waals surface area contributed by atoms with E-state index in [1.165, 1.54) is 12.1 Å². The maximum Gasteiger partial charge on any atom is 0.252 e. The Morgan fingerprint density at radius 1 is 1.27 bits per heavy atom. The maximum absolute atomic E-state index is 13.3. The van der Waals surface area contributed by atoms with Gasteiger partial charge in [0, 0.05) is 20.6 Å². The summed E-state index contributed by atoms with van der Waals surface area (Å²) in [4.78, 5) is 12.3. The number of halogens is 3. The van der Waals surface area contributed by atoms with Gasteiger partial charge >= 0.3 is 0 Å². The zero-order valence-corrected chi connectivity index (χ0v) is 15.2. The van der Waals surface area contributed by atoms with Crippen molar-refractivity contribution >= 4 is 40.1 Å². The molecule has 0 aromatic heterocycles. The fraction of sp³-hybridized carbons (Fsp3) is 0.235. The van der Waals surface area contributed by atoms with E-state index in [4.69, 9.17) is 11.6 Å². The van der Waals surface area contributed by atoms with E-state index in [1.54, 1.807) is 6.07 Å². The third kappa shape index (κ3) is 4.20.